The van der Waals surface area contributed by atoms with E-state index >= 15 is 0 Å². The van der Waals surface area contributed by atoms with E-state index in [4.69, 9.17) is 11.6 Å². The summed E-state index contributed by atoms with van der Waals surface area (Å²) in [6.45, 7) is 2.68. The van der Waals surface area contributed by atoms with Crippen molar-refractivity contribution in [3.05, 3.63) is 74.8 Å². The number of nitrogens with one attached hydrogen (secondary N) is 1. The van der Waals surface area contributed by atoms with Crippen LogP contribution in [0.25, 0.3) is 0 Å². The molecule has 0 spiro atoms. The van der Waals surface area contributed by atoms with Crippen molar-refractivity contribution < 1.29 is 4.92 Å². The maximum Gasteiger partial charge on any atom is 0.269 e. The summed E-state index contributed by atoms with van der Waals surface area (Å²) in [6, 6.07) is 14.7. The van der Waals surface area contributed by atoms with Gasteiger partial charge in [-0.3, -0.25) is 10.1 Å². The van der Waals surface area contributed by atoms with Crippen LogP contribution in [0, 0.1) is 10.1 Å². The first-order valence-corrected chi connectivity index (χ1v) is 7.13. The van der Waals surface area contributed by atoms with Crippen LogP contribution in [0.1, 0.15) is 18.1 Å². The molecular weight excluding hydrogens is 288 g/mol. The average Bonchev–Trinajstić information content (AvgIpc) is 2.45. The first-order valence-electron chi connectivity index (χ1n) is 6.76. The molecule has 0 aliphatic heterocycles. The minimum atomic E-state index is -0.376. The predicted molar refractivity (Wildman–Crippen MR) is 84.6 cm³/mol. The fourth-order valence-corrected chi connectivity index (χ4v) is 2.37. The number of nitro benzene ring substituents is 1. The molecule has 0 radical (unpaired) electrons. The van der Waals surface area contributed by atoms with Gasteiger partial charge in [-0.25, -0.2) is 0 Å². The van der Waals surface area contributed by atoms with Gasteiger partial charge in [0.25, 0.3) is 5.69 Å². The average molecular weight is 305 g/mol. The summed E-state index contributed by atoms with van der Waals surface area (Å²) in [4.78, 5) is 10.4. The molecule has 0 aliphatic carbocycles. The predicted octanol–water partition coefficient (Wildman–Crippen LogP) is 3.97. The summed E-state index contributed by atoms with van der Waals surface area (Å²) < 4.78 is 0. The molecule has 0 heterocycles. The second-order valence-corrected chi connectivity index (χ2v) is 5.48. The summed E-state index contributed by atoms with van der Waals surface area (Å²) >= 11 is 5.96. The molecule has 110 valence electrons. The van der Waals surface area contributed by atoms with Crippen molar-refractivity contribution in [2.45, 2.75) is 25.9 Å². The van der Waals surface area contributed by atoms with Gasteiger partial charge in [-0.2, -0.15) is 0 Å². The Bertz CT molecular complexity index is 631. The summed E-state index contributed by atoms with van der Waals surface area (Å²) in [5.74, 6) is 0. The second kappa shape index (κ2) is 7.20. The SMILES string of the molecule is CC(Cc1cccc(Cl)c1)NCc1cccc([N+](=O)[O-])c1. The number of nitrogens with zero attached hydrogens (tertiary/aromatic N) is 1. The standard InChI is InChI=1S/C16H17ClN2O2/c1-12(8-13-4-2-6-15(17)9-13)18-11-14-5-3-7-16(10-14)19(20)21/h2-7,9-10,12,18H,8,11H2,1H3. The van der Waals surface area contributed by atoms with Crippen molar-refractivity contribution in [2.24, 2.45) is 0 Å². The maximum absolute atomic E-state index is 10.7. The van der Waals surface area contributed by atoms with Crippen molar-refractivity contribution >= 4 is 17.3 Å². The van der Waals surface area contributed by atoms with Crippen molar-refractivity contribution in [2.75, 3.05) is 0 Å². The van der Waals surface area contributed by atoms with Gasteiger partial charge in [0.15, 0.2) is 0 Å². The Labute approximate surface area is 128 Å². The highest BCUT2D eigenvalue weighted by molar-refractivity contribution is 6.30. The molecule has 1 atom stereocenters. The van der Waals surface area contributed by atoms with Crippen LogP contribution in [0.2, 0.25) is 5.02 Å². The van der Waals surface area contributed by atoms with Crippen LogP contribution in [-0.4, -0.2) is 11.0 Å². The molecule has 21 heavy (non-hydrogen) atoms. The molecule has 2 aromatic carbocycles. The molecule has 2 aromatic rings. The highest BCUT2D eigenvalue weighted by Gasteiger charge is 2.07. The van der Waals surface area contributed by atoms with Crippen LogP contribution >= 0.6 is 11.6 Å². The number of nitro groups is 1. The molecule has 0 aliphatic rings. The number of hydrogen-bond donors (Lipinski definition) is 1. The molecule has 5 heteroatoms. The van der Waals surface area contributed by atoms with Crippen LogP contribution in [0.5, 0.6) is 0 Å². The second-order valence-electron chi connectivity index (χ2n) is 5.04. The van der Waals surface area contributed by atoms with Crippen molar-refractivity contribution in [3.8, 4) is 0 Å². The number of non-ortho nitro benzene ring substituents is 1. The van der Waals surface area contributed by atoms with E-state index < -0.39 is 0 Å². The number of halogens is 1. The smallest absolute Gasteiger partial charge is 0.269 e. The normalized spacial score (nSPS) is 12.1. The molecule has 0 aromatic heterocycles. The van der Waals surface area contributed by atoms with Gasteiger partial charge in [-0.05, 0) is 36.6 Å². The number of benzene rings is 2. The van der Waals surface area contributed by atoms with Crippen LogP contribution in [-0.2, 0) is 13.0 Å². The molecule has 1 N–H and O–H groups in total. The highest BCUT2D eigenvalue weighted by Crippen LogP contribution is 2.14. The minimum Gasteiger partial charge on any atom is -0.310 e. The third-order valence-electron chi connectivity index (χ3n) is 3.21. The van der Waals surface area contributed by atoms with Gasteiger partial charge < -0.3 is 5.32 Å². The van der Waals surface area contributed by atoms with E-state index in [0.29, 0.717) is 6.54 Å². The summed E-state index contributed by atoms with van der Waals surface area (Å²) in [5.41, 5.74) is 2.19. The summed E-state index contributed by atoms with van der Waals surface area (Å²) in [5, 5.41) is 14.8. The molecule has 1 unspecified atom stereocenters. The largest absolute Gasteiger partial charge is 0.310 e. The Balaban J connectivity index is 1.90. The lowest BCUT2D eigenvalue weighted by molar-refractivity contribution is -0.384. The van der Waals surface area contributed by atoms with Gasteiger partial charge in [-0.15, -0.1) is 0 Å². The van der Waals surface area contributed by atoms with Crippen LogP contribution in [0.4, 0.5) is 5.69 Å². The van der Waals surface area contributed by atoms with E-state index in [-0.39, 0.29) is 16.7 Å². The van der Waals surface area contributed by atoms with Crippen LogP contribution in [0.15, 0.2) is 48.5 Å². The quantitative estimate of drug-likeness (QED) is 0.649. The Morgan fingerprint density at radius 2 is 1.90 bits per heavy atom. The first-order chi connectivity index (χ1) is 10.0. The van der Waals surface area contributed by atoms with Crippen LogP contribution < -0.4 is 5.32 Å². The third-order valence-corrected chi connectivity index (χ3v) is 3.44. The molecule has 0 fully saturated rings. The van der Waals surface area contributed by atoms with E-state index in [0.717, 1.165) is 17.0 Å². The Hall–Kier alpha value is -1.91. The van der Waals surface area contributed by atoms with E-state index in [1.54, 1.807) is 12.1 Å². The fraction of sp³-hybridized carbons (Fsp3) is 0.250. The van der Waals surface area contributed by atoms with Gasteiger partial charge in [-0.1, -0.05) is 35.9 Å². The van der Waals surface area contributed by atoms with Gasteiger partial charge in [0.2, 0.25) is 0 Å². The van der Waals surface area contributed by atoms with Gasteiger partial charge >= 0.3 is 0 Å². The highest BCUT2D eigenvalue weighted by atomic mass is 35.5. The van der Waals surface area contributed by atoms with E-state index in [1.807, 2.05) is 30.3 Å². The zero-order valence-electron chi connectivity index (χ0n) is 11.8. The molecule has 2 rings (SSSR count). The Morgan fingerprint density at radius 1 is 1.19 bits per heavy atom. The monoisotopic (exact) mass is 304 g/mol. The van der Waals surface area contributed by atoms with Crippen LogP contribution in [0.3, 0.4) is 0 Å². The zero-order valence-corrected chi connectivity index (χ0v) is 12.5. The molecule has 0 saturated carbocycles. The molecular formula is C16H17ClN2O2. The van der Waals surface area contributed by atoms with Crippen molar-refractivity contribution in [3.63, 3.8) is 0 Å². The number of rotatable bonds is 6. The lowest BCUT2D eigenvalue weighted by atomic mass is 10.1. The first kappa shape index (κ1) is 15.5. The zero-order chi connectivity index (χ0) is 15.2. The van der Waals surface area contributed by atoms with E-state index in [9.17, 15) is 10.1 Å². The number of hydrogen-bond acceptors (Lipinski definition) is 3. The summed E-state index contributed by atoms with van der Waals surface area (Å²) in [7, 11) is 0. The Morgan fingerprint density at radius 3 is 2.62 bits per heavy atom. The topological polar surface area (TPSA) is 55.2 Å². The summed E-state index contributed by atoms with van der Waals surface area (Å²) in [6.07, 6.45) is 0.857. The molecule has 0 saturated heterocycles. The van der Waals surface area contributed by atoms with E-state index in [2.05, 4.69) is 12.2 Å². The molecule has 4 nitrogen and oxygen atoms in total. The third kappa shape index (κ3) is 4.85. The molecule has 0 amide bonds. The molecule has 0 bridgehead atoms. The Kier molecular flexibility index (Phi) is 5.31. The van der Waals surface area contributed by atoms with Gasteiger partial charge in [0, 0.05) is 29.7 Å². The maximum atomic E-state index is 10.7. The minimum absolute atomic E-state index is 0.122. The fourth-order valence-electron chi connectivity index (χ4n) is 2.16. The lowest BCUT2D eigenvalue weighted by Gasteiger charge is -2.14. The van der Waals surface area contributed by atoms with Gasteiger partial charge in [0.1, 0.15) is 0 Å². The van der Waals surface area contributed by atoms with Crippen molar-refractivity contribution in [1.29, 1.82) is 0 Å². The van der Waals surface area contributed by atoms with E-state index in [1.165, 1.54) is 11.6 Å². The lowest BCUT2D eigenvalue weighted by Crippen LogP contribution is -2.27. The van der Waals surface area contributed by atoms with Crippen molar-refractivity contribution in [1.82, 2.24) is 5.32 Å². The van der Waals surface area contributed by atoms with Gasteiger partial charge in [0.05, 0.1) is 4.92 Å².